The van der Waals surface area contributed by atoms with E-state index >= 15 is 0 Å². The number of aromatic nitrogens is 2. The molecule has 7 nitrogen and oxygen atoms in total. The van der Waals surface area contributed by atoms with E-state index in [4.69, 9.17) is 0 Å². The van der Waals surface area contributed by atoms with Crippen molar-refractivity contribution in [1.82, 2.24) is 9.97 Å². The summed E-state index contributed by atoms with van der Waals surface area (Å²) in [5.41, 5.74) is 1.16. The third-order valence-electron chi connectivity index (χ3n) is 4.19. The molecule has 0 saturated carbocycles. The SMILES string of the molecule is O=[N+]([O-])c1c(NCCc2ccccc2)ncnc1N1CCCCC1. The fourth-order valence-electron chi connectivity index (χ4n) is 2.97. The maximum atomic E-state index is 11.6. The monoisotopic (exact) mass is 327 g/mol. The van der Waals surface area contributed by atoms with Crippen molar-refractivity contribution >= 4 is 17.3 Å². The second kappa shape index (κ2) is 7.72. The third-order valence-corrected chi connectivity index (χ3v) is 4.19. The summed E-state index contributed by atoms with van der Waals surface area (Å²) in [6.45, 7) is 2.20. The Kier molecular flexibility index (Phi) is 5.20. The number of anilines is 2. The van der Waals surface area contributed by atoms with Gasteiger partial charge in [0.1, 0.15) is 6.33 Å². The van der Waals surface area contributed by atoms with Gasteiger partial charge in [0.25, 0.3) is 0 Å². The van der Waals surface area contributed by atoms with Crippen LogP contribution in [0.3, 0.4) is 0 Å². The quantitative estimate of drug-likeness (QED) is 0.648. The van der Waals surface area contributed by atoms with Crippen LogP contribution in [0.1, 0.15) is 24.8 Å². The van der Waals surface area contributed by atoms with Crippen LogP contribution in [0.5, 0.6) is 0 Å². The molecule has 2 heterocycles. The molecule has 7 heteroatoms. The number of nitro groups is 1. The van der Waals surface area contributed by atoms with E-state index in [1.54, 1.807) is 0 Å². The zero-order chi connectivity index (χ0) is 16.8. The second-order valence-corrected chi connectivity index (χ2v) is 5.86. The molecule has 0 spiro atoms. The van der Waals surface area contributed by atoms with Crippen LogP contribution in [0.25, 0.3) is 0 Å². The molecule has 0 amide bonds. The maximum Gasteiger partial charge on any atom is 0.353 e. The maximum absolute atomic E-state index is 11.6. The van der Waals surface area contributed by atoms with Crippen LogP contribution in [0.2, 0.25) is 0 Å². The Morgan fingerprint density at radius 1 is 1.12 bits per heavy atom. The number of hydrogen-bond donors (Lipinski definition) is 1. The Bertz CT molecular complexity index is 687. The highest BCUT2D eigenvalue weighted by atomic mass is 16.6. The van der Waals surface area contributed by atoms with Crippen molar-refractivity contribution in [2.45, 2.75) is 25.7 Å². The minimum absolute atomic E-state index is 0.0209. The van der Waals surface area contributed by atoms with Gasteiger partial charge in [0, 0.05) is 19.6 Å². The topological polar surface area (TPSA) is 84.2 Å². The van der Waals surface area contributed by atoms with E-state index in [0.29, 0.717) is 18.2 Å². The van der Waals surface area contributed by atoms with Gasteiger partial charge in [0.05, 0.1) is 4.92 Å². The molecule has 1 saturated heterocycles. The van der Waals surface area contributed by atoms with Crippen molar-refractivity contribution in [1.29, 1.82) is 0 Å². The Hall–Kier alpha value is -2.70. The van der Waals surface area contributed by atoms with E-state index in [0.717, 1.165) is 38.8 Å². The van der Waals surface area contributed by atoms with Crippen LogP contribution in [-0.2, 0) is 6.42 Å². The summed E-state index contributed by atoms with van der Waals surface area (Å²) < 4.78 is 0. The Morgan fingerprint density at radius 2 is 1.88 bits per heavy atom. The lowest BCUT2D eigenvalue weighted by atomic mass is 10.1. The Balaban J connectivity index is 1.75. The number of nitrogens with zero attached hydrogens (tertiary/aromatic N) is 4. The summed E-state index contributed by atoms with van der Waals surface area (Å²) in [5, 5.41) is 14.7. The average Bonchev–Trinajstić information content (AvgIpc) is 2.63. The van der Waals surface area contributed by atoms with Crippen molar-refractivity contribution < 1.29 is 4.92 Å². The van der Waals surface area contributed by atoms with Gasteiger partial charge >= 0.3 is 5.69 Å². The zero-order valence-electron chi connectivity index (χ0n) is 13.5. The molecule has 1 aromatic heterocycles. The van der Waals surface area contributed by atoms with Gasteiger partial charge in [-0.1, -0.05) is 30.3 Å². The molecule has 0 atom stereocenters. The fourth-order valence-corrected chi connectivity index (χ4v) is 2.97. The van der Waals surface area contributed by atoms with Gasteiger partial charge in [-0.15, -0.1) is 0 Å². The van der Waals surface area contributed by atoms with Gasteiger partial charge in [-0.3, -0.25) is 10.1 Å². The highest BCUT2D eigenvalue weighted by molar-refractivity contribution is 5.70. The van der Waals surface area contributed by atoms with E-state index in [1.807, 2.05) is 35.2 Å². The van der Waals surface area contributed by atoms with Crippen LogP contribution in [0.15, 0.2) is 36.7 Å². The Labute approximate surface area is 140 Å². The molecule has 0 unspecified atom stereocenters. The number of piperidine rings is 1. The summed E-state index contributed by atoms with van der Waals surface area (Å²) in [5.74, 6) is 0.725. The first kappa shape index (κ1) is 16.2. The second-order valence-electron chi connectivity index (χ2n) is 5.86. The summed E-state index contributed by atoms with van der Waals surface area (Å²) in [4.78, 5) is 21.5. The minimum atomic E-state index is -0.380. The van der Waals surface area contributed by atoms with Crippen LogP contribution < -0.4 is 10.2 Å². The van der Waals surface area contributed by atoms with Gasteiger partial charge in [0.2, 0.25) is 11.6 Å². The van der Waals surface area contributed by atoms with Crippen molar-refractivity contribution in [3.63, 3.8) is 0 Å². The average molecular weight is 327 g/mol. The lowest BCUT2D eigenvalue weighted by molar-refractivity contribution is -0.383. The predicted octanol–water partition coefficient (Wildman–Crippen LogP) is 3.03. The first-order chi connectivity index (χ1) is 11.8. The van der Waals surface area contributed by atoms with Crippen LogP contribution >= 0.6 is 0 Å². The minimum Gasteiger partial charge on any atom is -0.364 e. The Morgan fingerprint density at radius 3 is 2.58 bits per heavy atom. The van der Waals surface area contributed by atoms with Crippen molar-refractivity contribution in [2.24, 2.45) is 0 Å². The molecule has 1 aliphatic rings. The van der Waals surface area contributed by atoms with E-state index < -0.39 is 0 Å². The molecule has 1 aliphatic heterocycles. The van der Waals surface area contributed by atoms with Crippen LogP contribution in [0, 0.1) is 10.1 Å². The molecule has 1 fully saturated rings. The molecule has 1 aromatic carbocycles. The lowest BCUT2D eigenvalue weighted by Crippen LogP contribution is -2.31. The van der Waals surface area contributed by atoms with Crippen molar-refractivity contribution in [3.8, 4) is 0 Å². The zero-order valence-corrected chi connectivity index (χ0v) is 13.5. The third kappa shape index (κ3) is 3.79. The molecular weight excluding hydrogens is 306 g/mol. The largest absolute Gasteiger partial charge is 0.364 e. The molecule has 0 radical (unpaired) electrons. The summed E-state index contributed by atoms with van der Waals surface area (Å²) in [6.07, 6.45) is 5.43. The molecule has 24 heavy (non-hydrogen) atoms. The lowest BCUT2D eigenvalue weighted by Gasteiger charge is -2.27. The number of rotatable bonds is 6. The highest BCUT2D eigenvalue weighted by Crippen LogP contribution is 2.33. The standard InChI is InChI=1S/C17H21N5O2/c23-22(24)15-16(18-10-9-14-7-3-1-4-8-14)19-13-20-17(15)21-11-5-2-6-12-21/h1,3-4,7-8,13H,2,5-6,9-12H2,(H,18,19,20). The van der Waals surface area contributed by atoms with Gasteiger partial charge in [-0.2, -0.15) is 0 Å². The summed E-state index contributed by atoms with van der Waals surface area (Å²) >= 11 is 0. The van der Waals surface area contributed by atoms with Crippen molar-refractivity contribution in [3.05, 3.63) is 52.3 Å². The summed E-state index contributed by atoms with van der Waals surface area (Å²) in [6, 6.07) is 10.0. The van der Waals surface area contributed by atoms with Crippen LogP contribution in [-0.4, -0.2) is 34.5 Å². The molecule has 0 aliphatic carbocycles. The van der Waals surface area contributed by atoms with Gasteiger partial charge in [0.15, 0.2) is 0 Å². The van der Waals surface area contributed by atoms with E-state index in [9.17, 15) is 10.1 Å². The molecule has 3 rings (SSSR count). The van der Waals surface area contributed by atoms with Crippen LogP contribution in [0.4, 0.5) is 17.3 Å². The van der Waals surface area contributed by atoms with Gasteiger partial charge < -0.3 is 10.2 Å². The predicted molar refractivity (Wildman–Crippen MR) is 93.4 cm³/mol. The first-order valence-corrected chi connectivity index (χ1v) is 8.28. The van der Waals surface area contributed by atoms with Crippen molar-refractivity contribution in [2.75, 3.05) is 29.9 Å². The van der Waals surface area contributed by atoms with E-state index in [2.05, 4.69) is 15.3 Å². The fraction of sp³-hybridized carbons (Fsp3) is 0.412. The highest BCUT2D eigenvalue weighted by Gasteiger charge is 2.27. The molecule has 1 N–H and O–H groups in total. The van der Waals surface area contributed by atoms with Gasteiger partial charge in [-0.05, 0) is 31.2 Å². The summed E-state index contributed by atoms with van der Waals surface area (Å²) in [7, 11) is 0. The smallest absolute Gasteiger partial charge is 0.353 e. The first-order valence-electron chi connectivity index (χ1n) is 8.28. The van der Waals surface area contributed by atoms with Gasteiger partial charge in [-0.25, -0.2) is 9.97 Å². The van der Waals surface area contributed by atoms with E-state index in [-0.39, 0.29) is 10.6 Å². The number of nitrogens with one attached hydrogen (secondary N) is 1. The molecular formula is C17H21N5O2. The molecule has 0 bridgehead atoms. The molecule has 126 valence electrons. The number of benzene rings is 1. The van der Waals surface area contributed by atoms with E-state index in [1.165, 1.54) is 11.9 Å². The number of hydrogen-bond acceptors (Lipinski definition) is 6. The molecule has 2 aromatic rings. The normalized spacial score (nSPS) is 14.4.